The van der Waals surface area contributed by atoms with Gasteiger partial charge in [-0.05, 0) is 64.5 Å². The van der Waals surface area contributed by atoms with Gasteiger partial charge in [0.25, 0.3) is 0 Å². The first-order chi connectivity index (χ1) is 12.6. The van der Waals surface area contributed by atoms with Crippen LogP contribution in [0.1, 0.15) is 114 Å². The summed E-state index contributed by atoms with van der Waals surface area (Å²) in [5.74, 6) is 3.38. The van der Waals surface area contributed by atoms with Crippen molar-refractivity contribution in [2.75, 3.05) is 7.11 Å². The van der Waals surface area contributed by atoms with E-state index in [1.54, 1.807) is 7.11 Å². The van der Waals surface area contributed by atoms with Crippen LogP contribution >= 0.6 is 0 Å². The molecular weight excluding hydrogens is 340 g/mol. The van der Waals surface area contributed by atoms with Crippen LogP contribution in [0.2, 0.25) is 0 Å². The first kappa shape index (κ1) is 26.2. The molecule has 0 aliphatic heterocycles. The molecule has 158 valence electrons. The average molecular weight is 385 g/mol. The number of rotatable bonds is 5. The van der Waals surface area contributed by atoms with E-state index >= 15 is 0 Å². The van der Waals surface area contributed by atoms with Crippen LogP contribution in [0.3, 0.4) is 0 Å². The molecule has 0 bridgehead atoms. The van der Waals surface area contributed by atoms with Crippen LogP contribution in [-0.2, 0) is 0 Å². The quantitative estimate of drug-likeness (QED) is 0.500. The second kappa shape index (κ2) is 11.9. The van der Waals surface area contributed by atoms with Crippen molar-refractivity contribution in [1.29, 1.82) is 0 Å². The van der Waals surface area contributed by atoms with Crippen LogP contribution < -0.4 is 4.74 Å². The van der Waals surface area contributed by atoms with Crippen LogP contribution in [0, 0.1) is 6.92 Å². The molecular formula is C27H44O. The summed E-state index contributed by atoms with van der Waals surface area (Å²) in [6.45, 7) is 20.0. The molecule has 2 aromatic carbocycles. The first-order valence-corrected chi connectivity index (χ1v) is 10.4. The fraction of sp³-hybridized carbons (Fsp3) is 0.556. The highest BCUT2D eigenvalue weighted by molar-refractivity contribution is 5.40. The topological polar surface area (TPSA) is 9.23 Å². The Morgan fingerprint density at radius 2 is 1.04 bits per heavy atom. The lowest BCUT2D eigenvalue weighted by atomic mass is 9.92. The van der Waals surface area contributed by atoms with Gasteiger partial charge in [-0.2, -0.15) is 0 Å². The summed E-state index contributed by atoms with van der Waals surface area (Å²) in [4.78, 5) is 0. The fourth-order valence-corrected chi connectivity index (χ4v) is 3.20. The van der Waals surface area contributed by atoms with Crippen molar-refractivity contribution in [3.8, 4) is 5.75 Å². The van der Waals surface area contributed by atoms with Crippen molar-refractivity contribution in [2.45, 2.75) is 93.4 Å². The van der Waals surface area contributed by atoms with E-state index in [4.69, 9.17) is 4.74 Å². The van der Waals surface area contributed by atoms with Crippen molar-refractivity contribution in [3.05, 3.63) is 64.2 Å². The predicted molar refractivity (Wildman–Crippen MR) is 127 cm³/mol. The van der Waals surface area contributed by atoms with Crippen molar-refractivity contribution in [2.24, 2.45) is 0 Å². The number of hydrogen-bond acceptors (Lipinski definition) is 1. The number of ether oxygens (including phenoxy) is 1. The van der Waals surface area contributed by atoms with Gasteiger partial charge in [-0.1, -0.05) is 93.1 Å². The van der Waals surface area contributed by atoms with Crippen LogP contribution in [0.4, 0.5) is 0 Å². The minimum Gasteiger partial charge on any atom is -0.496 e. The van der Waals surface area contributed by atoms with E-state index in [0.29, 0.717) is 23.7 Å². The van der Waals surface area contributed by atoms with Gasteiger partial charge in [0, 0.05) is 0 Å². The smallest absolute Gasteiger partial charge is 0.122 e. The highest BCUT2D eigenvalue weighted by Gasteiger charge is 2.09. The summed E-state index contributed by atoms with van der Waals surface area (Å²) in [6, 6.07) is 13.3. The SMILES string of the molecule is C.COc1ccc(C(C)C)cc1C(C)C.Cc1ccc(C(C)C)cc1C(C)C. The highest BCUT2D eigenvalue weighted by atomic mass is 16.5. The van der Waals surface area contributed by atoms with E-state index in [-0.39, 0.29) is 7.43 Å². The highest BCUT2D eigenvalue weighted by Crippen LogP contribution is 2.29. The van der Waals surface area contributed by atoms with Gasteiger partial charge >= 0.3 is 0 Å². The minimum atomic E-state index is 0. The van der Waals surface area contributed by atoms with Crippen LogP contribution in [0.15, 0.2) is 36.4 Å². The Kier molecular flexibility index (Phi) is 11.2. The third-order valence-electron chi connectivity index (χ3n) is 5.13. The van der Waals surface area contributed by atoms with Crippen molar-refractivity contribution in [1.82, 2.24) is 0 Å². The summed E-state index contributed by atoms with van der Waals surface area (Å²) in [7, 11) is 1.73. The second-order valence-corrected chi connectivity index (χ2v) is 8.74. The Labute approximate surface area is 175 Å². The van der Waals surface area contributed by atoms with E-state index in [9.17, 15) is 0 Å². The standard InChI is InChI=1S/C13H20O.C13H20.CH4/c1-9(2)11-6-7-13(14-5)12(8-11)10(3)4;1-9(2)12-7-6-11(5)13(8-12)10(3)4;/h6-10H,1-5H3;6-10H,1-5H3;1H4. The van der Waals surface area contributed by atoms with Crippen molar-refractivity contribution >= 4 is 0 Å². The summed E-state index contributed by atoms with van der Waals surface area (Å²) >= 11 is 0. The summed E-state index contributed by atoms with van der Waals surface area (Å²) in [5.41, 5.74) is 7.05. The fourth-order valence-electron chi connectivity index (χ4n) is 3.20. The molecule has 0 heterocycles. The molecule has 0 saturated heterocycles. The van der Waals surface area contributed by atoms with Gasteiger partial charge in [0.15, 0.2) is 0 Å². The molecule has 28 heavy (non-hydrogen) atoms. The van der Waals surface area contributed by atoms with Crippen molar-refractivity contribution in [3.63, 3.8) is 0 Å². The van der Waals surface area contributed by atoms with Gasteiger partial charge < -0.3 is 4.74 Å². The lowest BCUT2D eigenvalue weighted by Crippen LogP contribution is -1.97. The molecule has 0 radical (unpaired) electrons. The maximum absolute atomic E-state index is 5.34. The van der Waals surface area contributed by atoms with Crippen molar-refractivity contribution < 1.29 is 4.74 Å². The van der Waals surface area contributed by atoms with Gasteiger partial charge in [0.05, 0.1) is 7.11 Å². The van der Waals surface area contributed by atoms with Crippen LogP contribution in [0.25, 0.3) is 0 Å². The third-order valence-corrected chi connectivity index (χ3v) is 5.13. The molecule has 0 saturated carbocycles. The number of hydrogen-bond donors (Lipinski definition) is 0. The Balaban J connectivity index is 0.000000504. The molecule has 0 N–H and O–H groups in total. The largest absolute Gasteiger partial charge is 0.496 e. The monoisotopic (exact) mass is 384 g/mol. The predicted octanol–water partition coefficient (Wildman–Crippen LogP) is 8.82. The number of methoxy groups -OCH3 is 1. The molecule has 0 fully saturated rings. The summed E-state index contributed by atoms with van der Waals surface area (Å²) in [5, 5.41) is 0. The first-order valence-electron chi connectivity index (χ1n) is 10.4. The van der Waals surface area contributed by atoms with E-state index < -0.39 is 0 Å². The van der Waals surface area contributed by atoms with E-state index in [1.807, 2.05) is 0 Å². The molecule has 0 amide bonds. The zero-order valence-electron chi connectivity index (χ0n) is 19.2. The van der Waals surface area contributed by atoms with Crippen LogP contribution in [0.5, 0.6) is 5.75 Å². The molecule has 0 atom stereocenters. The normalized spacial score (nSPS) is 10.8. The van der Waals surface area contributed by atoms with E-state index in [0.717, 1.165) is 5.75 Å². The maximum atomic E-state index is 5.34. The Morgan fingerprint density at radius 3 is 1.43 bits per heavy atom. The van der Waals surface area contributed by atoms with E-state index in [2.05, 4.69) is 98.7 Å². The molecule has 2 aromatic rings. The van der Waals surface area contributed by atoms with Gasteiger partial charge in [0.1, 0.15) is 5.75 Å². The van der Waals surface area contributed by atoms with Gasteiger partial charge in [-0.15, -0.1) is 0 Å². The lowest BCUT2D eigenvalue weighted by Gasteiger charge is -2.15. The molecule has 0 aromatic heterocycles. The molecule has 2 rings (SSSR count). The number of benzene rings is 2. The summed E-state index contributed by atoms with van der Waals surface area (Å²) < 4.78 is 5.34. The Morgan fingerprint density at radius 1 is 0.607 bits per heavy atom. The Hall–Kier alpha value is -1.76. The third kappa shape index (κ3) is 7.34. The molecule has 0 aliphatic rings. The summed E-state index contributed by atoms with van der Waals surface area (Å²) in [6.07, 6.45) is 0. The minimum absolute atomic E-state index is 0. The van der Waals surface area contributed by atoms with Gasteiger partial charge in [-0.25, -0.2) is 0 Å². The van der Waals surface area contributed by atoms with Gasteiger partial charge in [0.2, 0.25) is 0 Å². The van der Waals surface area contributed by atoms with Crippen LogP contribution in [-0.4, -0.2) is 7.11 Å². The lowest BCUT2D eigenvalue weighted by molar-refractivity contribution is 0.407. The molecule has 0 spiro atoms. The molecule has 0 aliphatic carbocycles. The zero-order chi connectivity index (χ0) is 20.7. The number of aryl methyl sites for hydroxylation is 1. The average Bonchev–Trinajstić information content (AvgIpc) is 2.61. The Bertz CT molecular complexity index is 708. The molecule has 1 heteroatoms. The zero-order valence-corrected chi connectivity index (χ0v) is 19.2. The molecule has 0 unspecified atom stereocenters. The second-order valence-electron chi connectivity index (χ2n) is 8.74. The maximum Gasteiger partial charge on any atom is 0.122 e. The van der Waals surface area contributed by atoms with Gasteiger partial charge in [-0.3, -0.25) is 0 Å². The van der Waals surface area contributed by atoms with E-state index in [1.165, 1.54) is 27.8 Å². The molecule has 1 nitrogen and oxygen atoms in total.